The Kier molecular flexibility index (Phi) is 5.86. The van der Waals surface area contributed by atoms with Gasteiger partial charge in [0.2, 0.25) is 5.91 Å². The molecule has 3 rings (SSSR count). The highest BCUT2D eigenvalue weighted by Gasteiger charge is 2.16. The van der Waals surface area contributed by atoms with Crippen LogP contribution in [-0.4, -0.2) is 11.7 Å². The van der Waals surface area contributed by atoms with Crippen molar-refractivity contribution in [3.8, 4) is 0 Å². The largest absolute Gasteiger partial charge is 0.344 e. The fraction of sp³-hybridized carbons (Fsp3) is 0.0952. The standard InChI is InChI=1S/C21H18FNOS/c22-18-11-13-19(14-12-18)25-15-20(24)23-21(16-7-3-1-4-8-16)17-9-5-2-6-10-17/h1-14,21H,15H2,(H,23,24). The number of carbonyl (C=O) groups excluding carboxylic acids is 1. The van der Waals surface area contributed by atoms with Crippen LogP contribution in [0.4, 0.5) is 4.39 Å². The van der Waals surface area contributed by atoms with Gasteiger partial charge in [-0.15, -0.1) is 11.8 Å². The minimum atomic E-state index is -0.276. The van der Waals surface area contributed by atoms with E-state index in [0.29, 0.717) is 0 Å². The molecule has 4 heteroatoms. The lowest BCUT2D eigenvalue weighted by Gasteiger charge is -2.20. The smallest absolute Gasteiger partial charge is 0.231 e. The molecule has 126 valence electrons. The van der Waals surface area contributed by atoms with E-state index in [2.05, 4.69) is 5.32 Å². The Labute approximate surface area is 151 Å². The minimum absolute atomic E-state index is 0.0629. The summed E-state index contributed by atoms with van der Waals surface area (Å²) in [5.41, 5.74) is 2.07. The summed E-state index contributed by atoms with van der Waals surface area (Å²) in [6.07, 6.45) is 0. The van der Waals surface area contributed by atoms with Gasteiger partial charge in [0.15, 0.2) is 0 Å². The predicted octanol–water partition coefficient (Wildman–Crippen LogP) is 4.82. The third kappa shape index (κ3) is 4.94. The fourth-order valence-electron chi connectivity index (χ4n) is 2.53. The highest BCUT2D eigenvalue weighted by atomic mass is 32.2. The molecule has 0 saturated heterocycles. The van der Waals surface area contributed by atoms with Crippen molar-refractivity contribution in [2.24, 2.45) is 0 Å². The number of benzene rings is 3. The van der Waals surface area contributed by atoms with Gasteiger partial charge in [0.25, 0.3) is 0 Å². The SMILES string of the molecule is O=C(CSc1ccc(F)cc1)NC(c1ccccc1)c1ccccc1. The lowest BCUT2D eigenvalue weighted by Crippen LogP contribution is -2.30. The van der Waals surface area contributed by atoms with E-state index in [1.807, 2.05) is 60.7 Å². The molecule has 0 aromatic heterocycles. The Morgan fingerprint density at radius 3 is 1.88 bits per heavy atom. The van der Waals surface area contributed by atoms with Gasteiger partial charge in [-0.25, -0.2) is 4.39 Å². The number of thioether (sulfide) groups is 1. The number of carbonyl (C=O) groups is 1. The third-order valence-electron chi connectivity index (χ3n) is 3.75. The van der Waals surface area contributed by atoms with E-state index in [-0.39, 0.29) is 23.5 Å². The molecule has 0 saturated carbocycles. The average molecular weight is 351 g/mol. The van der Waals surface area contributed by atoms with Gasteiger partial charge in [-0.2, -0.15) is 0 Å². The molecule has 0 aliphatic carbocycles. The Balaban J connectivity index is 1.69. The first-order chi connectivity index (χ1) is 12.2. The molecule has 0 heterocycles. The second kappa shape index (κ2) is 8.49. The highest BCUT2D eigenvalue weighted by molar-refractivity contribution is 8.00. The van der Waals surface area contributed by atoms with Crippen molar-refractivity contribution < 1.29 is 9.18 Å². The first-order valence-corrected chi connectivity index (χ1v) is 8.98. The van der Waals surface area contributed by atoms with Crippen LogP contribution in [0.1, 0.15) is 17.2 Å². The molecule has 0 aliphatic rings. The second-order valence-corrected chi connectivity index (χ2v) is 6.61. The zero-order valence-electron chi connectivity index (χ0n) is 13.6. The third-order valence-corrected chi connectivity index (χ3v) is 4.77. The van der Waals surface area contributed by atoms with Crippen molar-refractivity contribution in [1.82, 2.24) is 5.32 Å². The van der Waals surface area contributed by atoms with E-state index in [1.165, 1.54) is 23.9 Å². The molecule has 1 amide bonds. The molecule has 0 unspecified atom stereocenters. The van der Waals surface area contributed by atoms with Crippen LogP contribution < -0.4 is 5.32 Å². The van der Waals surface area contributed by atoms with Crippen molar-refractivity contribution in [1.29, 1.82) is 0 Å². The molecule has 0 aliphatic heterocycles. The Hall–Kier alpha value is -2.59. The summed E-state index contributed by atoms with van der Waals surface area (Å²) in [5.74, 6) is -0.0593. The van der Waals surface area contributed by atoms with Crippen molar-refractivity contribution in [3.05, 3.63) is 102 Å². The average Bonchev–Trinajstić information content (AvgIpc) is 2.67. The van der Waals surface area contributed by atoms with Gasteiger partial charge in [0.05, 0.1) is 11.8 Å². The topological polar surface area (TPSA) is 29.1 Å². The summed E-state index contributed by atoms with van der Waals surface area (Å²) in [5, 5.41) is 3.10. The summed E-state index contributed by atoms with van der Waals surface area (Å²) < 4.78 is 12.9. The summed E-state index contributed by atoms with van der Waals surface area (Å²) in [6, 6.07) is 25.8. The van der Waals surface area contributed by atoms with Gasteiger partial charge in [0, 0.05) is 4.90 Å². The Bertz CT molecular complexity index is 767. The molecule has 0 radical (unpaired) electrons. The maximum atomic E-state index is 12.9. The van der Waals surface area contributed by atoms with E-state index in [4.69, 9.17) is 0 Å². The zero-order valence-corrected chi connectivity index (χ0v) is 14.4. The van der Waals surface area contributed by atoms with Crippen LogP contribution in [0.3, 0.4) is 0 Å². The van der Waals surface area contributed by atoms with E-state index in [1.54, 1.807) is 12.1 Å². The van der Waals surface area contributed by atoms with Crippen molar-refractivity contribution >= 4 is 17.7 Å². The minimum Gasteiger partial charge on any atom is -0.344 e. The van der Waals surface area contributed by atoms with Crippen LogP contribution >= 0.6 is 11.8 Å². The van der Waals surface area contributed by atoms with Gasteiger partial charge in [0.1, 0.15) is 5.82 Å². The van der Waals surface area contributed by atoms with Gasteiger partial charge >= 0.3 is 0 Å². The van der Waals surface area contributed by atoms with Crippen LogP contribution in [0.15, 0.2) is 89.8 Å². The predicted molar refractivity (Wildman–Crippen MR) is 100.0 cm³/mol. The highest BCUT2D eigenvalue weighted by Crippen LogP contribution is 2.23. The Morgan fingerprint density at radius 1 is 0.840 bits per heavy atom. The molecular formula is C21H18FNOS. The zero-order chi connectivity index (χ0) is 17.5. The lowest BCUT2D eigenvalue weighted by molar-refractivity contribution is -0.119. The second-order valence-electron chi connectivity index (χ2n) is 5.56. The summed E-state index contributed by atoms with van der Waals surface area (Å²) >= 11 is 1.39. The molecule has 0 bridgehead atoms. The maximum absolute atomic E-state index is 12.9. The number of rotatable bonds is 6. The Morgan fingerprint density at radius 2 is 1.36 bits per heavy atom. The molecule has 2 nitrogen and oxygen atoms in total. The van der Waals surface area contributed by atoms with Gasteiger partial charge in [-0.1, -0.05) is 60.7 Å². The van der Waals surface area contributed by atoms with E-state index >= 15 is 0 Å². The van der Waals surface area contributed by atoms with E-state index < -0.39 is 0 Å². The number of amides is 1. The van der Waals surface area contributed by atoms with Crippen molar-refractivity contribution in [3.63, 3.8) is 0 Å². The maximum Gasteiger partial charge on any atom is 0.231 e. The van der Waals surface area contributed by atoms with E-state index in [9.17, 15) is 9.18 Å². The van der Waals surface area contributed by atoms with Crippen LogP contribution in [0.2, 0.25) is 0 Å². The quantitative estimate of drug-likeness (QED) is 0.645. The van der Waals surface area contributed by atoms with E-state index in [0.717, 1.165) is 16.0 Å². The number of hydrogen-bond acceptors (Lipinski definition) is 2. The van der Waals surface area contributed by atoms with Crippen LogP contribution in [0, 0.1) is 5.82 Å². The molecule has 0 atom stereocenters. The molecule has 3 aromatic rings. The van der Waals surface area contributed by atoms with Gasteiger partial charge in [-0.3, -0.25) is 4.79 Å². The van der Waals surface area contributed by atoms with Crippen LogP contribution in [0.25, 0.3) is 0 Å². The first kappa shape index (κ1) is 17.2. The molecular weight excluding hydrogens is 333 g/mol. The number of halogens is 1. The molecule has 0 fully saturated rings. The number of nitrogens with one attached hydrogen (secondary N) is 1. The van der Waals surface area contributed by atoms with Crippen LogP contribution in [0.5, 0.6) is 0 Å². The first-order valence-electron chi connectivity index (χ1n) is 8.00. The summed E-state index contributed by atoms with van der Waals surface area (Å²) in [6.45, 7) is 0. The lowest BCUT2D eigenvalue weighted by atomic mass is 9.99. The monoisotopic (exact) mass is 351 g/mol. The number of hydrogen-bond donors (Lipinski definition) is 1. The summed E-state index contributed by atoms with van der Waals surface area (Å²) in [7, 11) is 0. The molecule has 25 heavy (non-hydrogen) atoms. The normalized spacial score (nSPS) is 10.6. The van der Waals surface area contributed by atoms with Crippen molar-refractivity contribution in [2.45, 2.75) is 10.9 Å². The fourth-order valence-corrected chi connectivity index (χ4v) is 3.24. The summed E-state index contributed by atoms with van der Waals surface area (Å²) in [4.78, 5) is 13.3. The molecule has 3 aromatic carbocycles. The molecule has 0 spiro atoms. The van der Waals surface area contributed by atoms with Gasteiger partial charge in [-0.05, 0) is 35.4 Å². The van der Waals surface area contributed by atoms with Crippen LogP contribution in [-0.2, 0) is 4.79 Å². The molecule has 1 N–H and O–H groups in total. The van der Waals surface area contributed by atoms with Crippen molar-refractivity contribution in [2.75, 3.05) is 5.75 Å². The van der Waals surface area contributed by atoms with Gasteiger partial charge < -0.3 is 5.32 Å².